The van der Waals surface area contributed by atoms with Gasteiger partial charge in [0.25, 0.3) is 0 Å². The third kappa shape index (κ3) is 10.9. The molecule has 0 bridgehead atoms. The molecule has 1 amide bonds. The summed E-state index contributed by atoms with van der Waals surface area (Å²) in [4.78, 5) is 46.9. The van der Waals surface area contributed by atoms with Crippen LogP contribution in [0.4, 0.5) is 0 Å². The van der Waals surface area contributed by atoms with Crippen LogP contribution in [0, 0.1) is 0 Å². The molecule has 10 nitrogen and oxygen atoms in total. The Labute approximate surface area is 201 Å². The number of nitrogens with one attached hydrogen (secondary N) is 1. The normalized spacial score (nSPS) is 24.6. The van der Waals surface area contributed by atoms with Gasteiger partial charge in [-0.15, -0.1) is 0 Å². The van der Waals surface area contributed by atoms with Crippen molar-refractivity contribution in [2.45, 2.75) is 92.0 Å². The standard InChI is InChI=1S/C24H37NO9/c1-14(2)9-8-10-15(3)11-12-30-24-21(25-16(4)26)23(33-19(7)29)22(32-18(6)28)20(34-24)13-31-17(5)27/h9,11,20-24H,8,10,12-13H2,1-7H3,(H,25,26)/b15-11+/t20-,21-,22+,23-,24-/m1/s1. The van der Waals surface area contributed by atoms with Crippen LogP contribution in [0.1, 0.15) is 61.3 Å². The smallest absolute Gasteiger partial charge is 0.303 e. The molecule has 1 heterocycles. The quantitative estimate of drug-likeness (QED) is 0.268. The van der Waals surface area contributed by atoms with E-state index in [4.69, 9.17) is 23.7 Å². The first-order valence-electron chi connectivity index (χ1n) is 11.2. The lowest BCUT2D eigenvalue weighted by atomic mass is 9.96. The number of hydrogen-bond donors (Lipinski definition) is 1. The number of rotatable bonds is 11. The number of carbonyl (C=O) groups excluding carboxylic acids is 4. The molecule has 0 saturated carbocycles. The van der Waals surface area contributed by atoms with E-state index >= 15 is 0 Å². The maximum Gasteiger partial charge on any atom is 0.303 e. The van der Waals surface area contributed by atoms with Gasteiger partial charge in [-0.25, -0.2) is 0 Å². The van der Waals surface area contributed by atoms with Crippen molar-refractivity contribution in [2.75, 3.05) is 13.2 Å². The maximum atomic E-state index is 11.9. The molecule has 0 aromatic rings. The Morgan fingerprint density at radius 1 is 0.853 bits per heavy atom. The van der Waals surface area contributed by atoms with E-state index in [0.29, 0.717) is 0 Å². The number of hydrogen-bond acceptors (Lipinski definition) is 9. The largest absolute Gasteiger partial charge is 0.463 e. The third-order valence-corrected chi connectivity index (χ3v) is 4.85. The van der Waals surface area contributed by atoms with E-state index in [1.807, 2.05) is 26.8 Å². The molecule has 34 heavy (non-hydrogen) atoms. The molecule has 1 rings (SSSR count). The van der Waals surface area contributed by atoms with Crippen LogP contribution in [0.25, 0.3) is 0 Å². The van der Waals surface area contributed by atoms with Crippen LogP contribution in [-0.2, 0) is 42.9 Å². The minimum Gasteiger partial charge on any atom is -0.463 e. The van der Waals surface area contributed by atoms with E-state index in [-0.39, 0.29) is 13.2 Å². The second kappa shape index (κ2) is 14.5. The predicted octanol–water partition coefficient (Wildman–Crippen LogP) is 2.35. The topological polar surface area (TPSA) is 126 Å². The number of esters is 3. The molecule has 1 N–H and O–H groups in total. The fourth-order valence-electron chi connectivity index (χ4n) is 3.41. The van der Waals surface area contributed by atoms with Crippen LogP contribution >= 0.6 is 0 Å². The maximum absolute atomic E-state index is 11.9. The number of amides is 1. The average Bonchev–Trinajstić information content (AvgIpc) is 2.69. The summed E-state index contributed by atoms with van der Waals surface area (Å²) in [5, 5.41) is 2.67. The van der Waals surface area contributed by atoms with Gasteiger partial charge in [0.05, 0.1) is 6.61 Å². The first-order valence-corrected chi connectivity index (χ1v) is 11.2. The summed E-state index contributed by atoms with van der Waals surface area (Å²) >= 11 is 0. The van der Waals surface area contributed by atoms with Crippen molar-refractivity contribution in [1.29, 1.82) is 0 Å². The molecule has 0 aliphatic carbocycles. The lowest BCUT2D eigenvalue weighted by molar-refractivity contribution is -0.275. The highest BCUT2D eigenvalue weighted by atomic mass is 16.7. The molecule has 0 spiro atoms. The molecule has 1 aliphatic rings. The Bertz CT molecular complexity index is 785. The van der Waals surface area contributed by atoms with Crippen molar-refractivity contribution in [3.63, 3.8) is 0 Å². The van der Waals surface area contributed by atoms with Crippen LogP contribution in [0.3, 0.4) is 0 Å². The predicted molar refractivity (Wildman–Crippen MR) is 122 cm³/mol. The highest BCUT2D eigenvalue weighted by Gasteiger charge is 2.51. The Kier molecular flexibility index (Phi) is 12.5. The van der Waals surface area contributed by atoms with E-state index in [2.05, 4.69) is 11.4 Å². The number of ether oxygens (including phenoxy) is 5. The molecule has 0 aromatic heterocycles. The summed E-state index contributed by atoms with van der Waals surface area (Å²) < 4.78 is 27.7. The first kappa shape index (κ1) is 29.3. The Morgan fingerprint density at radius 3 is 2.00 bits per heavy atom. The second-order valence-corrected chi connectivity index (χ2v) is 8.42. The van der Waals surface area contributed by atoms with Gasteiger partial charge < -0.3 is 29.0 Å². The zero-order valence-electron chi connectivity index (χ0n) is 21.0. The van der Waals surface area contributed by atoms with Gasteiger partial charge in [0.1, 0.15) is 18.8 Å². The van der Waals surface area contributed by atoms with Crippen molar-refractivity contribution >= 4 is 23.8 Å². The SMILES string of the molecule is CC(=O)N[C@H]1[C@H](OC/C=C(\C)CCC=C(C)C)O[C@H](COC(C)=O)[C@H](OC(C)=O)[C@@H]1OC(C)=O. The summed E-state index contributed by atoms with van der Waals surface area (Å²) in [6, 6.07) is -0.973. The summed E-state index contributed by atoms with van der Waals surface area (Å²) in [5.74, 6) is -2.30. The highest BCUT2D eigenvalue weighted by molar-refractivity contribution is 5.73. The van der Waals surface area contributed by atoms with Gasteiger partial charge >= 0.3 is 17.9 Å². The summed E-state index contributed by atoms with van der Waals surface area (Å²) in [7, 11) is 0. The van der Waals surface area contributed by atoms with E-state index in [1.54, 1.807) is 0 Å². The van der Waals surface area contributed by atoms with Gasteiger partial charge in [0.15, 0.2) is 18.5 Å². The van der Waals surface area contributed by atoms with Gasteiger partial charge in [0.2, 0.25) is 5.91 Å². The lowest BCUT2D eigenvalue weighted by Crippen LogP contribution is -2.66. The van der Waals surface area contributed by atoms with Crippen LogP contribution in [-0.4, -0.2) is 67.7 Å². The fourth-order valence-corrected chi connectivity index (χ4v) is 3.41. The minimum absolute atomic E-state index is 0.159. The van der Waals surface area contributed by atoms with Crippen LogP contribution in [0.2, 0.25) is 0 Å². The minimum atomic E-state index is -1.14. The Morgan fingerprint density at radius 2 is 1.47 bits per heavy atom. The molecule has 5 atom stereocenters. The molecule has 0 unspecified atom stereocenters. The van der Waals surface area contributed by atoms with E-state index in [9.17, 15) is 19.2 Å². The van der Waals surface area contributed by atoms with E-state index in [1.165, 1.54) is 33.3 Å². The third-order valence-electron chi connectivity index (χ3n) is 4.85. The Balaban J connectivity index is 3.15. The van der Waals surface area contributed by atoms with Gasteiger partial charge in [-0.3, -0.25) is 19.2 Å². The molecule has 1 aliphatic heterocycles. The zero-order valence-corrected chi connectivity index (χ0v) is 21.0. The summed E-state index contributed by atoms with van der Waals surface area (Å²) in [5.41, 5.74) is 2.35. The summed E-state index contributed by atoms with van der Waals surface area (Å²) in [6.45, 7) is 10.9. The van der Waals surface area contributed by atoms with Gasteiger partial charge in [-0.05, 0) is 33.6 Å². The van der Waals surface area contributed by atoms with Gasteiger partial charge in [-0.2, -0.15) is 0 Å². The van der Waals surface area contributed by atoms with Crippen molar-refractivity contribution < 1.29 is 42.9 Å². The highest BCUT2D eigenvalue weighted by Crippen LogP contribution is 2.28. The average molecular weight is 484 g/mol. The van der Waals surface area contributed by atoms with E-state index in [0.717, 1.165) is 18.4 Å². The molecule has 0 aromatic carbocycles. The van der Waals surface area contributed by atoms with Crippen molar-refractivity contribution in [2.24, 2.45) is 0 Å². The number of carbonyl (C=O) groups is 4. The van der Waals surface area contributed by atoms with E-state index < -0.39 is 54.5 Å². The van der Waals surface area contributed by atoms with Crippen molar-refractivity contribution in [3.8, 4) is 0 Å². The molecule has 0 radical (unpaired) electrons. The zero-order chi connectivity index (χ0) is 25.8. The van der Waals surface area contributed by atoms with Crippen molar-refractivity contribution in [3.05, 3.63) is 23.3 Å². The van der Waals surface area contributed by atoms with Crippen LogP contribution < -0.4 is 5.32 Å². The molecule has 192 valence electrons. The number of allylic oxidation sites excluding steroid dienone is 3. The monoisotopic (exact) mass is 483 g/mol. The van der Waals surface area contributed by atoms with Crippen LogP contribution in [0.5, 0.6) is 0 Å². The van der Waals surface area contributed by atoms with Crippen molar-refractivity contribution in [1.82, 2.24) is 5.32 Å². The molecule has 1 fully saturated rings. The van der Waals surface area contributed by atoms with Crippen LogP contribution in [0.15, 0.2) is 23.3 Å². The first-order chi connectivity index (χ1) is 15.9. The summed E-state index contributed by atoms with van der Waals surface area (Å²) in [6.07, 6.45) is 1.47. The molecule has 10 heteroatoms. The molecule has 1 saturated heterocycles. The lowest BCUT2D eigenvalue weighted by Gasteiger charge is -2.44. The van der Waals surface area contributed by atoms with Gasteiger partial charge in [-0.1, -0.05) is 23.3 Å². The molecular weight excluding hydrogens is 446 g/mol. The Hall–Kier alpha value is -2.72. The second-order valence-electron chi connectivity index (χ2n) is 8.42. The molecular formula is C24H37NO9. The fraction of sp³-hybridized carbons (Fsp3) is 0.667. The van der Waals surface area contributed by atoms with Gasteiger partial charge in [0, 0.05) is 27.7 Å².